The lowest BCUT2D eigenvalue weighted by Crippen LogP contribution is -2.60. The molecule has 0 fully saturated rings. The molecule has 11 heteroatoms. The van der Waals surface area contributed by atoms with Crippen molar-refractivity contribution in [3.8, 4) is 0 Å². The number of rotatable bonds is 22. The normalized spacial score (nSPS) is 11.4. The summed E-state index contributed by atoms with van der Waals surface area (Å²) in [5, 5.41) is 11.4. The molecule has 0 atom stereocenters. The van der Waals surface area contributed by atoms with Crippen LogP contribution in [0.4, 0.5) is 0 Å². The molecule has 0 spiro atoms. The lowest BCUT2D eigenvalue weighted by molar-refractivity contribution is -0.135. The number of nitrogens with one attached hydrogen (secondary N) is 4. The Morgan fingerprint density at radius 1 is 0.585 bits per heavy atom. The summed E-state index contributed by atoms with van der Waals surface area (Å²) < 4.78 is 17.8. The van der Waals surface area contributed by atoms with Crippen LogP contribution in [-0.4, -0.2) is 88.4 Å². The SMILES string of the molecule is C=C(C)C(=O)NCCCOCC(COCCCNC(=O)C(=C)C)(COCCCNC(=O)C(=C)C)NC(=O)C(C)(C)C. The van der Waals surface area contributed by atoms with Crippen LogP contribution in [-0.2, 0) is 33.4 Å². The molecule has 0 unspecified atom stereocenters. The van der Waals surface area contributed by atoms with Crippen molar-refractivity contribution in [1.82, 2.24) is 21.3 Å². The largest absolute Gasteiger partial charge is 0.379 e. The van der Waals surface area contributed by atoms with E-state index in [1.165, 1.54) is 0 Å². The minimum Gasteiger partial charge on any atom is -0.379 e. The Balaban J connectivity index is 5.27. The summed E-state index contributed by atoms with van der Waals surface area (Å²) in [6.07, 6.45) is 1.69. The molecule has 0 aliphatic rings. The fourth-order valence-corrected chi connectivity index (χ4v) is 3.05. The lowest BCUT2D eigenvalue weighted by atomic mass is 9.92. The molecule has 4 amide bonds. The standard InChI is InChI=1S/C30H52N4O7/c1-22(2)25(35)31-13-10-16-39-19-30(34-28(38)29(7,8)9,20-40-17-11-14-32-26(36)23(3)4)21-41-18-12-15-33-27(37)24(5)6/h1,3,5,10-21H2,2,4,6-9H3,(H,31,35)(H,32,36)(H,33,37)(H,34,38). The van der Waals surface area contributed by atoms with Gasteiger partial charge in [-0.2, -0.15) is 0 Å². The van der Waals surface area contributed by atoms with Crippen molar-refractivity contribution in [2.45, 2.75) is 66.3 Å². The zero-order valence-corrected chi connectivity index (χ0v) is 26.0. The summed E-state index contributed by atoms with van der Waals surface area (Å²) in [6.45, 7) is 23.8. The van der Waals surface area contributed by atoms with Crippen molar-refractivity contribution in [2.75, 3.05) is 59.3 Å². The molecule has 0 aromatic carbocycles. The second-order valence-corrected chi connectivity index (χ2v) is 11.3. The number of amides is 4. The zero-order chi connectivity index (χ0) is 31.5. The highest BCUT2D eigenvalue weighted by Gasteiger charge is 2.36. The molecule has 0 aromatic rings. The van der Waals surface area contributed by atoms with Crippen LogP contribution in [0.1, 0.15) is 60.8 Å². The Morgan fingerprint density at radius 2 is 0.878 bits per heavy atom. The van der Waals surface area contributed by atoms with Crippen LogP contribution in [0, 0.1) is 5.41 Å². The average Bonchev–Trinajstić information content (AvgIpc) is 2.88. The number of hydrogen-bond acceptors (Lipinski definition) is 7. The first-order chi connectivity index (χ1) is 19.1. The van der Waals surface area contributed by atoms with Gasteiger partial charge in [0.05, 0.1) is 19.8 Å². The second kappa shape index (κ2) is 20.0. The van der Waals surface area contributed by atoms with Gasteiger partial charge < -0.3 is 35.5 Å². The van der Waals surface area contributed by atoms with E-state index < -0.39 is 11.0 Å². The number of carbonyl (C=O) groups is 4. The van der Waals surface area contributed by atoms with Crippen molar-refractivity contribution in [2.24, 2.45) is 5.41 Å². The molecule has 0 aliphatic carbocycles. The first-order valence-corrected chi connectivity index (χ1v) is 14.0. The zero-order valence-electron chi connectivity index (χ0n) is 26.0. The monoisotopic (exact) mass is 580 g/mol. The van der Waals surface area contributed by atoms with Crippen molar-refractivity contribution >= 4 is 23.6 Å². The van der Waals surface area contributed by atoms with Gasteiger partial charge in [0.15, 0.2) is 0 Å². The predicted molar refractivity (Wildman–Crippen MR) is 160 cm³/mol. The smallest absolute Gasteiger partial charge is 0.246 e. The number of carbonyl (C=O) groups excluding carboxylic acids is 4. The summed E-state index contributed by atoms with van der Waals surface area (Å²) in [6, 6.07) is 0. The van der Waals surface area contributed by atoms with E-state index in [4.69, 9.17) is 14.2 Å². The molecule has 41 heavy (non-hydrogen) atoms. The van der Waals surface area contributed by atoms with Gasteiger partial charge in [0.1, 0.15) is 5.54 Å². The van der Waals surface area contributed by atoms with Gasteiger partial charge >= 0.3 is 0 Å². The minimum absolute atomic E-state index is 0.113. The van der Waals surface area contributed by atoms with Crippen molar-refractivity contribution in [3.63, 3.8) is 0 Å². The van der Waals surface area contributed by atoms with Gasteiger partial charge in [0.25, 0.3) is 0 Å². The van der Waals surface area contributed by atoms with E-state index in [0.717, 1.165) is 0 Å². The number of ether oxygens (including phenoxy) is 3. The Bertz CT molecular complexity index is 816. The van der Waals surface area contributed by atoms with E-state index in [-0.39, 0.29) is 43.4 Å². The van der Waals surface area contributed by atoms with Crippen LogP contribution in [0.5, 0.6) is 0 Å². The van der Waals surface area contributed by atoms with Crippen LogP contribution in [0.15, 0.2) is 36.5 Å². The molecule has 234 valence electrons. The maximum Gasteiger partial charge on any atom is 0.246 e. The fraction of sp³-hybridized carbons (Fsp3) is 0.667. The van der Waals surface area contributed by atoms with Gasteiger partial charge in [-0.1, -0.05) is 40.5 Å². The molecule has 0 radical (unpaired) electrons. The molecule has 0 heterocycles. The van der Waals surface area contributed by atoms with E-state index in [2.05, 4.69) is 41.0 Å². The Kier molecular flexibility index (Phi) is 18.5. The Morgan fingerprint density at radius 3 is 1.12 bits per heavy atom. The first kappa shape index (κ1) is 38.0. The summed E-state index contributed by atoms with van der Waals surface area (Å²) in [5.74, 6) is -0.822. The maximum absolute atomic E-state index is 13.1. The van der Waals surface area contributed by atoms with Gasteiger partial charge in [-0.3, -0.25) is 19.2 Å². The third kappa shape index (κ3) is 18.1. The summed E-state index contributed by atoms with van der Waals surface area (Å²) in [4.78, 5) is 48.1. The Labute approximate surface area is 245 Å². The molecule has 0 aromatic heterocycles. The summed E-state index contributed by atoms with van der Waals surface area (Å²) in [7, 11) is 0. The maximum atomic E-state index is 13.1. The molecule has 0 saturated carbocycles. The third-order valence-electron chi connectivity index (χ3n) is 5.61. The van der Waals surface area contributed by atoms with Gasteiger partial charge in [-0.15, -0.1) is 0 Å². The minimum atomic E-state index is -0.993. The van der Waals surface area contributed by atoms with Gasteiger partial charge in [-0.25, -0.2) is 0 Å². The number of hydrogen-bond donors (Lipinski definition) is 4. The molecular formula is C30H52N4O7. The molecule has 0 saturated heterocycles. The topological polar surface area (TPSA) is 144 Å². The van der Waals surface area contributed by atoms with Crippen molar-refractivity contribution < 1.29 is 33.4 Å². The lowest BCUT2D eigenvalue weighted by Gasteiger charge is -2.36. The highest BCUT2D eigenvalue weighted by molar-refractivity contribution is 5.92. The van der Waals surface area contributed by atoms with Crippen LogP contribution in [0.25, 0.3) is 0 Å². The van der Waals surface area contributed by atoms with E-state index in [1.54, 1.807) is 20.8 Å². The average molecular weight is 581 g/mol. The van der Waals surface area contributed by atoms with Crippen LogP contribution in [0.2, 0.25) is 0 Å². The van der Waals surface area contributed by atoms with Crippen molar-refractivity contribution in [1.29, 1.82) is 0 Å². The molecule has 0 aliphatic heterocycles. The van der Waals surface area contributed by atoms with E-state index >= 15 is 0 Å². The van der Waals surface area contributed by atoms with Gasteiger partial charge in [-0.05, 0) is 40.0 Å². The van der Waals surface area contributed by atoms with Crippen LogP contribution in [0.3, 0.4) is 0 Å². The quantitative estimate of drug-likeness (QED) is 0.114. The molecular weight excluding hydrogens is 528 g/mol. The molecule has 0 bridgehead atoms. The van der Waals surface area contributed by atoms with Crippen LogP contribution >= 0.6 is 0 Å². The first-order valence-electron chi connectivity index (χ1n) is 14.0. The second-order valence-electron chi connectivity index (χ2n) is 11.3. The van der Waals surface area contributed by atoms with Crippen LogP contribution < -0.4 is 21.3 Å². The molecule has 11 nitrogen and oxygen atoms in total. The van der Waals surface area contributed by atoms with Gasteiger partial charge in [0.2, 0.25) is 23.6 Å². The fourth-order valence-electron chi connectivity index (χ4n) is 3.05. The summed E-state index contributed by atoms with van der Waals surface area (Å²) in [5.41, 5.74) is -0.363. The molecule has 0 rings (SSSR count). The van der Waals surface area contributed by atoms with E-state index in [1.807, 2.05) is 20.8 Å². The highest BCUT2D eigenvalue weighted by Crippen LogP contribution is 2.18. The van der Waals surface area contributed by atoms with Crippen molar-refractivity contribution in [3.05, 3.63) is 36.5 Å². The Hall–Kier alpha value is -3.02. The van der Waals surface area contributed by atoms with E-state index in [9.17, 15) is 19.2 Å². The molecule has 4 N–H and O–H groups in total. The van der Waals surface area contributed by atoms with Gasteiger partial charge in [0, 0.05) is 61.6 Å². The third-order valence-corrected chi connectivity index (χ3v) is 5.61. The van der Waals surface area contributed by atoms with E-state index in [0.29, 0.717) is 75.4 Å². The summed E-state index contributed by atoms with van der Waals surface area (Å²) >= 11 is 0. The predicted octanol–water partition coefficient (Wildman–Crippen LogP) is 2.18. The highest BCUT2D eigenvalue weighted by atomic mass is 16.5.